The van der Waals surface area contributed by atoms with E-state index in [-0.39, 0.29) is 47.4 Å². The highest BCUT2D eigenvalue weighted by Crippen LogP contribution is 2.40. The molecule has 4 fully saturated rings. The highest BCUT2D eigenvalue weighted by Gasteiger charge is 2.44. The number of anilines is 3. The number of carbonyl (C=O) groups excluding carboxylic acids is 3. The number of aromatic nitrogens is 5. The summed E-state index contributed by atoms with van der Waals surface area (Å²) in [5, 5.41) is 25.2. The van der Waals surface area contributed by atoms with Crippen molar-refractivity contribution in [3.8, 4) is 27.4 Å². The number of hydrogen-bond donors (Lipinski definition) is 4. The van der Waals surface area contributed by atoms with Crippen molar-refractivity contribution in [2.45, 2.75) is 116 Å². The Morgan fingerprint density at radius 2 is 1.60 bits per heavy atom. The molecule has 1 aliphatic carbocycles. The molecule has 340 valence electrons. The first kappa shape index (κ1) is 44.1. The van der Waals surface area contributed by atoms with E-state index >= 15 is 0 Å². The first-order valence-electron chi connectivity index (χ1n) is 23.0. The molecule has 2 unspecified atom stereocenters. The lowest BCUT2D eigenvalue weighted by Gasteiger charge is -2.42. The van der Waals surface area contributed by atoms with Crippen LogP contribution in [0.5, 0.6) is 5.75 Å². The topological polar surface area (TPSA) is 196 Å². The van der Waals surface area contributed by atoms with Crippen LogP contribution in [0.25, 0.3) is 21.7 Å². The largest absolute Gasteiger partial charge is 0.507 e. The molecule has 0 spiro atoms. The van der Waals surface area contributed by atoms with Crippen molar-refractivity contribution in [1.29, 1.82) is 0 Å². The van der Waals surface area contributed by atoms with Crippen molar-refractivity contribution in [3.63, 3.8) is 0 Å². The number of rotatable bonds is 11. The van der Waals surface area contributed by atoms with E-state index in [4.69, 9.17) is 15.7 Å². The molecule has 4 aliphatic rings. The predicted molar refractivity (Wildman–Crippen MR) is 252 cm³/mol. The van der Waals surface area contributed by atoms with Crippen molar-refractivity contribution >= 4 is 46.5 Å². The molecule has 2 bridgehead atoms. The van der Waals surface area contributed by atoms with Crippen LogP contribution in [0.4, 0.5) is 17.5 Å². The van der Waals surface area contributed by atoms with Gasteiger partial charge in [0.05, 0.1) is 27.5 Å². The van der Waals surface area contributed by atoms with Crippen LogP contribution < -0.4 is 26.2 Å². The van der Waals surface area contributed by atoms with E-state index in [1.165, 1.54) is 0 Å². The van der Waals surface area contributed by atoms with Gasteiger partial charge in [-0.15, -0.1) is 21.5 Å². The van der Waals surface area contributed by atoms with Crippen molar-refractivity contribution in [1.82, 2.24) is 40.7 Å². The zero-order valence-corrected chi connectivity index (χ0v) is 38.4. The van der Waals surface area contributed by atoms with Gasteiger partial charge < -0.3 is 36.2 Å². The molecule has 65 heavy (non-hydrogen) atoms. The molecular weight excluding hydrogens is 839 g/mol. The fourth-order valence-electron chi connectivity index (χ4n) is 10.3. The SMILES string of the molecule is Cc1ncsc1-c1ccc(CNC(=O)[C@@H]2CCCN2C(=O)[C@@H](NC(=O)[C@H]2CC[C@H](c3cnc(N4C5CCC4CN(c4cc(-c6ccccc6O)nnc4N)C5)nc3)CC2)C(C)(C)C)cc1. The molecular formula is C49H59N11O4S. The maximum absolute atomic E-state index is 14.3. The van der Waals surface area contributed by atoms with Crippen LogP contribution in [0.15, 0.2) is 72.5 Å². The number of benzene rings is 2. The standard InChI is InChI=1S/C49H59N11O4S/c1-29-42(65-28-54-29)32-13-11-30(12-14-32)23-51-46(63)39-9-7-21-59(39)47(64)43(49(2,3)4)55-45(62)33-17-15-31(16-18-33)34-24-52-48(53-25-34)60-35-19-20-36(60)27-58(26-35)40-22-38(56-57-44(40)50)37-8-5-6-10-41(37)61/h5-6,8,10-14,22,24-25,28,31,33,35-36,39,43,61H,7,9,15-21,23,26-27H2,1-4H3,(H2,50,57)(H,51,63)(H,55,62)/t31-,33-,35?,36?,39-,43+/m0/s1. The zero-order chi connectivity index (χ0) is 45.4. The Morgan fingerprint density at radius 1 is 0.892 bits per heavy atom. The lowest BCUT2D eigenvalue weighted by atomic mass is 9.78. The number of hydrogen-bond acceptors (Lipinski definition) is 13. The lowest BCUT2D eigenvalue weighted by molar-refractivity contribution is -0.144. The summed E-state index contributed by atoms with van der Waals surface area (Å²) in [5.41, 5.74) is 13.8. The number of nitrogens with zero attached hydrogens (tertiary/aromatic N) is 8. The second-order valence-corrected chi connectivity index (χ2v) is 20.1. The molecule has 3 aliphatic heterocycles. The summed E-state index contributed by atoms with van der Waals surface area (Å²) in [5.74, 6) is 0.792. The van der Waals surface area contributed by atoms with E-state index in [9.17, 15) is 19.5 Å². The number of thiazole rings is 1. The van der Waals surface area contributed by atoms with Gasteiger partial charge in [0.2, 0.25) is 23.7 Å². The van der Waals surface area contributed by atoms with Gasteiger partial charge in [-0.3, -0.25) is 14.4 Å². The van der Waals surface area contributed by atoms with E-state index in [0.29, 0.717) is 49.4 Å². The number of para-hydroxylation sites is 1. The Morgan fingerprint density at radius 3 is 2.26 bits per heavy atom. The molecule has 9 rings (SSSR count). The Balaban J connectivity index is 0.773. The number of phenolic OH excluding ortho intramolecular Hbond substituents is 1. The Labute approximate surface area is 384 Å². The van der Waals surface area contributed by atoms with Gasteiger partial charge in [0.25, 0.3) is 0 Å². The van der Waals surface area contributed by atoms with Crippen LogP contribution in [-0.4, -0.2) is 96.7 Å². The van der Waals surface area contributed by atoms with Gasteiger partial charge in [0.1, 0.15) is 17.8 Å². The molecule has 3 aromatic heterocycles. The third kappa shape index (κ3) is 9.22. The molecule has 0 radical (unpaired) electrons. The summed E-state index contributed by atoms with van der Waals surface area (Å²) < 4.78 is 0. The molecule has 15 nitrogen and oxygen atoms in total. The van der Waals surface area contributed by atoms with Crippen molar-refractivity contribution < 1.29 is 19.5 Å². The number of nitrogen functional groups attached to an aromatic ring is 1. The monoisotopic (exact) mass is 897 g/mol. The van der Waals surface area contributed by atoms with Gasteiger partial charge in [-0.25, -0.2) is 15.0 Å². The average molecular weight is 898 g/mol. The quantitative estimate of drug-likeness (QED) is 0.111. The lowest BCUT2D eigenvalue weighted by Crippen LogP contribution is -2.58. The third-order valence-corrected chi connectivity index (χ3v) is 14.9. The van der Waals surface area contributed by atoms with Gasteiger partial charge in [0.15, 0.2) is 5.82 Å². The van der Waals surface area contributed by atoms with Crippen molar-refractivity contribution in [2.75, 3.05) is 35.2 Å². The third-order valence-electron chi connectivity index (χ3n) is 13.9. The maximum atomic E-state index is 14.3. The number of likely N-dealkylation sites (tertiary alicyclic amines) is 1. The second kappa shape index (κ2) is 18.4. The molecule has 5 N–H and O–H groups in total. The summed E-state index contributed by atoms with van der Waals surface area (Å²) >= 11 is 1.61. The van der Waals surface area contributed by atoms with Crippen molar-refractivity contribution in [3.05, 3.63) is 89.3 Å². The molecule has 6 heterocycles. The van der Waals surface area contributed by atoms with E-state index in [0.717, 1.165) is 84.1 Å². The molecule has 4 atom stereocenters. The number of amides is 3. The van der Waals surface area contributed by atoms with E-state index < -0.39 is 17.5 Å². The van der Waals surface area contributed by atoms with Crippen LogP contribution >= 0.6 is 11.3 Å². The predicted octanol–water partition coefficient (Wildman–Crippen LogP) is 6.62. The molecule has 1 saturated carbocycles. The Kier molecular flexibility index (Phi) is 12.5. The van der Waals surface area contributed by atoms with Crippen molar-refractivity contribution in [2.24, 2.45) is 11.3 Å². The minimum Gasteiger partial charge on any atom is -0.507 e. The minimum atomic E-state index is -0.762. The number of nitrogens with one attached hydrogen (secondary N) is 2. The van der Waals surface area contributed by atoms with Crippen LogP contribution in [0, 0.1) is 18.3 Å². The van der Waals surface area contributed by atoms with Crippen LogP contribution in [0.3, 0.4) is 0 Å². The summed E-state index contributed by atoms with van der Waals surface area (Å²) in [6.45, 7) is 10.2. The maximum Gasteiger partial charge on any atom is 0.246 e. The van der Waals surface area contributed by atoms with Gasteiger partial charge in [0, 0.05) is 62.1 Å². The fourth-order valence-corrected chi connectivity index (χ4v) is 11.1. The van der Waals surface area contributed by atoms with E-state index in [1.54, 1.807) is 28.4 Å². The van der Waals surface area contributed by atoms with Crippen LogP contribution in [0.2, 0.25) is 0 Å². The summed E-state index contributed by atoms with van der Waals surface area (Å²) in [6, 6.07) is 16.2. The Hall–Kier alpha value is -6.16. The molecule has 3 saturated heterocycles. The highest BCUT2D eigenvalue weighted by molar-refractivity contribution is 7.13. The minimum absolute atomic E-state index is 0.103. The first-order valence-corrected chi connectivity index (χ1v) is 23.8. The number of carbonyl (C=O) groups is 3. The number of piperazine rings is 1. The fraction of sp³-hybridized carbons (Fsp3) is 0.469. The number of fused-ring (bicyclic) bond motifs is 2. The summed E-state index contributed by atoms with van der Waals surface area (Å²) in [4.78, 5) is 63.3. The zero-order valence-electron chi connectivity index (χ0n) is 37.6. The van der Waals surface area contributed by atoms with E-state index in [2.05, 4.69) is 35.6 Å². The summed E-state index contributed by atoms with van der Waals surface area (Å²) in [6.07, 6.45) is 10.3. The second-order valence-electron chi connectivity index (χ2n) is 19.3. The average Bonchev–Trinajstić information content (AvgIpc) is 4.05. The highest BCUT2D eigenvalue weighted by atomic mass is 32.1. The molecule has 3 amide bonds. The number of aryl methyl sites for hydroxylation is 1. The Bertz CT molecular complexity index is 2500. The number of phenols is 1. The van der Waals surface area contributed by atoms with Gasteiger partial charge in [-0.05, 0) is 105 Å². The molecule has 5 aromatic rings. The van der Waals surface area contributed by atoms with Crippen LogP contribution in [0.1, 0.15) is 94.9 Å². The smallest absolute Gasteiger partial charge is 0.246 e. The summed E-state index contributed by atoms with van der Waals surface area (Å²) in [7, 11) is 0. The first-order chi connectivity index (χ1) is 31.3. The molecule has 2 aromatic carbocycles. The van der Waals surface area contributed by atoms with Gasteiger partial charge in [-0.1, -0.05) is 57.2 Å². The number of aromatic hydroxyl groups is 1. The van der Waals surface area contributed by atoms with E-state index in [1.807, 2.05) is 88.1 Å². The number of nitrogens with two attached hydrogens (primary N) is 1. The van der Waals surface area contributed by atoms with Crippen LogP contribution in [-0.2, 0) is 20.9 Å². The van der Waals surface area contributed by atoms with Gasteiger partial charge in [-0.2, -0.15) is 0 Å². The van der Waals surface area contributed by atoms with Gasteiger partial charge >= 0.3 is 0 Å². The molecule has 16 heteroatoms. The normalized spacial score (nSPS) is 22.5.